The zero-order valence-corrected chi connectivity index (χ0v) is 21.2. The predicted molar refractivity (Wildman–Crippen MR) is 141 cm³/mol. The molecule has 1 aliphatic heterocycles. The Labute approximate surface area is 215 Å². The van der Waals surface area contributed by atoms with Crippen LogP contribution in [0.25, 0.3) is 0 Å². The Balaban J connectivity index is 1.72. The maximum Gasteiger partial charge on any atom is 0.269 e. The van der Waals surface area contributed by atoms with Gasteiger partial charge in [0.2, 0.25) is 5.91 Å². The first kappa shape index (κ1) is 24.1. The maximum absolute atomic E-state index is 13.5. The Kier molecular flexibility index (Phi) is 7.42. The van der Waals surface area contributed by atoms with Crippen molar-refractivity contribution in [3.8, 4) is 6.07 Å². The third kappa shape index (κ3) is 5.36. The fraction of sp³-hybridized carbons (Fsp3) is 0.115. The number of nitriles is 1. The van der Waals surface area contributed by atoms with Gasteiger partial charge in [-0.3, -0.25) is 14.5 Å². The second-order valence-corrected chi connectivity index (χ2v) is 10.2. The number of aryl methyl sites for hydroxylation is 1. The molecule has 5 nitrogen and oxygen atoms in total. The van der Waals surface area contributed by atoms with E-state index in [4.69, 9.17) is 11.6 Å². The van der Waals surface area contributed by atoms with Crippen LogP contribution in [-0.4, -0.2) is 17.1 Å². The molecule has 0 aromatic heterocycles. The van der Waals surface area contributed by atoms with Gasteiger partial charge < -0.3 is 5.32 Å². The van der Waals surface area contributed by atoms with E-state index in [1.165, 1.54) is 16.7 Å². The number of rotatable bonds is 5. The molecule has 1 aliphatic rings. The number of hydrogen-bond acceptors (Lipinski definition) is 4. The number of carbonyl (C=O) groups excluding carboxylic acids is 2. The summed E-state index contributed by atoms with van der Waals surface area (Å²) >= 11 is 10.7. The molecule has 170 valence electrons. The Morgan fingerprint density at radius 1 is 1.15 bits per heavy atom. The van der Waals surface area contributed by atoms with E-state index in [2.05, 4.69) is 21.2 Å². The molecular formula is C26H19BrClN3O2S. The molecule has 2 amide bonds. The Hall–Kier alpha value is -3.05. The lowest BCUT2D eigenvalue weighted by molar-refractivity contribution is -0.117. The van der Waals surface area contributed by atoms with E-state index in [0.29, 0.717) is 27.8 Å². The fourth-order valence-electron chi connectivity index (χ4n) is 3.52. The van der Waals surface area contributed by atoms with Crippen LogP contribution in [0.2, 0.25) is 5.02 Å². The van der Waals surface area contributed by atoms with Crippen LogP contribution in [0.5, 0.6) is 0 Å². The standard InChI is InChI=1S/C26H19BrClN3O2S/c1-16-5-9-20(10-6-16)30-24(32)22(15-29)26-31(21-11-7-18(27)8-12-21)25(33)23(34-26)14-17-3-2-4-19(28)13-17/h2-13,23H,14H2,1H3,(H,30,32)/b26-22-. The first-order chi connectivity index (χ1) is 16.4. The molecule has 1 atom stereocenters. The predicted octanol–water partition coefficient (Wildman–Crippen LogP) is 6.48. The average molecular weight is 553 g/mol. The van der Waals surface area contributed by atoms with Gasteiger partial charge in [-0.1, -0.05) is 69.1 Å². The quantitative estimate of drug-likeness (QED) is 0.291. The summed E-state index contributed by atoms with van der Waals surface area (Å²) in [7, 11) is 0. The molecule has 4 rings (SSSR count). The lowest BCUT2D eigenvalue weighted by Gasteiger charge is -2.19. The van der Waals surface area contributed by atoms with E-state index in [1.807, 2.05) is 55.5 Å². The summed E-state index contributed by atoms with van der Waals surface area (Å²) in [6.07, 6.45) is 0.416. The number of thioether (sulfide) groups is 1. The first-order valence-electron chi connectivity index (χ1n) is 10.4. The van der Waals surface area contributed by atoms with E-state index < -0.39 is 11.2 Å². The van der Waals surface area contributed by atoms with Gasteiger partial charge in [0.15, 0.2) is 0 Å². The monoisotopic (exact) mass is 551 g/mol. The molecule has 3 aromatic carbocycles. The van der Waals surface area contributed by atoms with Crippen molar-refractivity contribution in [2.75, 3.05) is 10.2 Å². The summed E-state index contributed by atoms with van der Waals surface area (Å²) in [5.74, 6) is -0.759. The van der Waals surface area contributed by atoms with Gasteiger partial charge in [-0.05, 0) is 67.4 Å². The summed E-state index contributed by atoms with van der Waals surface area (Å²) in [5, 5.41) is 13.1. The van der Waals surface area contributed by atoms with Gasteiger partial charge in [0, 0.05) is 20.9 Å². The lowest BCUT2D eigenvalue weighted by Crippen LogP contribution is -2.30. The normalized spacial score (nSPS) is 16.8. The highest BCUT2D eigenvalue weighted by molar-refractivity contribution is 9.10. The topological polar surface area (TPSA) is 73.2 Å². The number of nitrogens with one attached hydrogen (secondary N) is 1. The average Bonchev–Trinajstić information content (AvgIpc) is 3.12. The highest BCUT2D eigenvalue weighted by atomic mass is 79.9. The zero-order valence-electron chi connectivity index (χ0n) is 18.1. The molecule has 0 saturated carbocycles. The summed E-state index contributed by atoms with van der Waals surface area (Å²) < 4.78 is 0.856. The van der Waals surface area contributed by atoms with E-state index >= 15 is 0 Å². The number of halogens is 2. The van der Waals surface area contributed by atoms with Gasteiger partial charge in [0.05, 0.1) is 5.25 Å². The first-order valence-corrected chi connectivity index (χ1v) is 12.4. The molecular weight excluding hydrogens is 534 g/mol. The van der Waals surface area contributed by atoms with Crippen LogP contribution in [-0.2, 0) is 16.0 Å². The van der Waals surface area contributed by atoms with Gasteiger partial charge >= 0.3 is 0 Å². The summed E-state index contributed by atoms with van der Waals surface area (Å²) in [6.45, 7) is 1.95. The van der Waals surface area contributed by atoms with Gasteiger partial charge in [0.1, 0.15) is 16.7 Å². The minimum Gasteiger partial charge on any atom is -0.321 e. The van der Waals surface area contributed by atoms with Gasteiger partial charge in [-0.2, -0.15) is 5.26 Å². The Bertz CT molecular complexity index is 1320. The molecule has 0 bridgehead atoms. The van der Waals surface area contributed by atoms with Crippen molar-refractivity contribution in [3.05, 3.63) is 104 Å². The molecule has 3 aromatic rings. The highest BCUT2D eigenvalue weighted by Crippen LogP contribution is 2.42. The van der Waals surface area contributed by atoms with E-state index in [1.54, 1.807) is 30.3 Å². The molecule has 1 heterocycles. The van der Waals surface area contributed by atoms with Crippen molar-refractivity contribution in [2.24, 2.45) is 0 Å². The van der Waals surface area contributed by atoms with Gasteiger partial charge in [-0.25, -0.2) is 0 Å². The van der Waals surface area contributed by atoms with Crippen LogP contribution < -0.4 is 10.2 Å². The Morgan fingerprint density at radius 2 is 1.85 bits per heavy atom. The summed E-state index contributed by atoms with van der Waals surface area (Å²) in [5.41, 5.74) is 3.00. The van der Waals surface area contributed by atoms with Crippen LogP contribution >= 0.6 is 39.3 Å². The van der Waals surface area contributed by atoms with Crippen molar-refractivity contribution < 1.29 is 9.59 Å². The maximum atomic E-state index is 13.5. The molecule has 34 heavy (non-hydrogen) atoms. The fourth-order valence-corrected chi connectivity index (χ4v) is 5.31. The molecule has 0 aliphatic carbocycles. The van der Waals surface area contributed by atoms with Crippen molar-refractivity contribution in [3.63, 3.8) is 0 Å². The highest BCUT2D eigenvalue weighted by Gasteiger charge is 2.40. The second kappa shape index (κ2) is 10.5. The van der Waals surface area contributed by atoms with Crippen LogP contribution in [0, 0.1) is 18.3 Å². The molecule has 8 heteroatoms. The van der Waals surface area contributed by atoms with Gasteiger partial charge in [-0.15, -0.1) is 0 Å². The lowest BCUT2D eigenvalue weighted by atomic mass is 10.1. The van der Waals surface area contributed by atoms with Gasteiger partial charge in [0.25, 0.3) is 5.91 Å². The minimum absolute atomic E-state index is 0.115. The summed E-state index contributed by atoms with van der Waals surface area (Å²) in [4.78, 5) is 28.1. The minimum atomic E-state index is -0.563. The van der Waals surface area contributed by atoms with Crippen molar-refractivity contribution >= 4 is 62.5 Å². The number of nitrogens with zero attached hydrogens (tertiary/aromatic N) is 2. The molecule has 1 N–H and O–H groups in total. The second-order valence-electron chi connectivity index (χ2n) is 7.70. The molecule has 1 fully saturated rings. The number of anilines is 2. The number of amides is 2. The van der Waals surface area contributed by atoms with Crippen LogP contribution in [0.1, 0.15) is 11.1 Å². The summed E-state index contributed by atoms with van der Waals surface area (Å²) in [6, 6.07) is 23.8. The molecule has 0 radical (unpaired) electrons. The Morgan fingerprint density at radius 3 is 2.50 bits per heavy atom. The van der Waals surface area contributed by atoms with Crippen LogP contribution in [0.4, 0.5) is 11.4 Å². The van der Waals surface area contributed by atoms with E-state index in [0.717, 1.165) is 15.6 Å². The molecule has 1 unspecified atom stereocenters. The van der Waals surface area contributed by atoms with Crippen LogP contribution in [0.3, 0.4) is 0 Å². The molecule has 0 spiro atoms. The van der Waals surface area contributed by atoms with Crippen molar-refractivity contribution in [1.82, 2.24) is 0 Å². The SMILES string of the molecule is Cc1ccc(NC(=O)/C(C#N)=C2\SC(Cc3cccc(Cl)c3)C(=O)N2c2ccc(Br)cc2)cc1. The number of hydrogen-bond donors (Lipinski definition) is 1. The van der Waals surface area contributed by atoms with E-state index in [9.17, 15) is 14.9 Å². The number of benzene rings is 3. The van der Waals surface area contributed by atoms with Crippen molar-refractivity contribution in [2.45, 2.75) is 18.6 Å². The zero-order chi connectivity index (χ0) is 24.2. The van der Waals surface area contributed by atoms with Crippen molar-refractivity contribution in [1.29, 1.82) is 5.26 Å². The smallest absolute Gasteiger partial charge is 0.269 e. The third-order valence-corrected chi connectivity index (χ3v) is 7.24. The molecule has 1 saturated heterocycles. The number of carbonyl (C=O) groups is 2. The largest absolute Gasteiger partial charge is 0.321 e. The van der Waals surface area contributed by atoms with Crippen LogP contribution in [0.15, 0.2) is 87.9 Å². The van der Waals surface area contributed by atoms with E-state index in [-0.39, 0.29) is 11.5 Å². The third-order valence-electron chi connectivity index (χ3n) is 5.21.